The van der Waals surface area contributed by atoms with E-state index in [4.69, 9.17) is 14.5 Å². The second-order valence-corrected chi connectivity index (χ2v) is 16.3. The fourth-order valence-electron chi connectivity index (χ4n) is 6.99. The number of hydrogen-bond donors (Lipinski definition) is 2. The van der Waals surface area contributed by atoms with Gasteiger partial charge in [-0.15, -0.1) is 0 Å². The summed E-state index contributed by atoms with van der Waals surface area (Å²) in [5, 5.41) is 12.8. The summed E-state index contributed by atoms with van der Waals surface area (Å²) in [5.41, 5.74) is 6.38. The minimum absolute atomic E-state index is 0.348. The van der Waals surface area contributed by atoms with Crippen LogP contribution in [-0.4, -0.2) is 109 Å². The first-order valence-corrected chi connectivity index (χ1v) is 19.7. The molecular weight excluding hydrogens is 689 g/mol. The van der Waals surface area contributed by atoms with Crippen LogP contribution < -0.4 is 30.3 Å². The maximum atomic E-state index is 5.99. The molecule has 0 aliphatic carbocycles. The van der Waals surface area contributed by atoms with E-state index in [9.17, 15) is 0 Å². The largest absolute Gasteiger partial charge is 0.494 e. The molecule has 0 unspecified atom stereocenters. The molecule has 3 aliphatic rings. The van der Waals surface area contributed by atoms with Crippen molar-refractivity contribution >= 4 is 58.0 Å². The van der Waals surface area contributed by atoms with Crippen LogP contribution in [0.4, 0.5) is 28.8 Å². The average Bonchev–Trinajstić information content (AvgIpc) is 3.74. The highest BCUT2D eigenvalue weighted by molar-refractivity contribution is 9.10. The summed E-state index contributed by atoms with van der Waals surface area (Å²) in [7, 11) is 5.54. The number of anilines is 5. The molecule has 48 heavy (non-hydrogen) atoms. The molecule has 0 bridgehead atoms. The van der Waals surface area contributed by atoms with Crippen molar-refractivity contribution in [3.63, 3.8) is 0 Å². The van der Waals surface area contributed by atoms with Gasteiger partial charge in [-0.05, 0) is 72.1 Å². The minimum atomic E-state index is -0.348. The summed E-state index contributed by atoms with van der Waals surface area (Å²) in [4.78, 5) is 17.2. The molecular formula is C35H45BrN9O2P. The summed E-state index contributed by atoms with van der Waals surface area (Å²) < 4.78 is 14.5. The van der Waals surface area contributed by atoms with Crippen molar-refractivity contribution in [2.45, 2.75) is 25.3 Å². The smallest absolute Gasteiger partial charge is 0.229 e. The second-order valence-electron chi connectivity index (χ2n) is 13.1. The number of piperidine rings is 1. The molecule has 11 nitrogen and oxygen atoms in total. The molecule has 13 heteroatoms. The molecule has 0 atom stereocenters. The van der Waals surface area contributed by atoms with Crippen molar-refractivity contribution in [1.82, 2.24) is 29.5 Å². The fraction of sp³-hybridized carbons (Fsp3) is 0.457. The van der Waals surface area contributed by atoms with E-state index in [-0.39, 0.29) is 7.92 Å². The summed E-state index contributed by atoms with van der Waals surface area (Å²) in [6, 6.07) is 9.33. The SMILES string of the molecule is COc1cc(N2CCC(N3CCN(C)CC3)CC2)c(-c2cnn(C)c2)cc1Nc1ncc(Br)c(Nc2cc3c(cc2P(C)C)CCO3)n1. The molecule has 4 aromatic rings. The number of methoxy groups -OCH3 is 1. The maximum absolute atomic E-state index is 5.99. The van der Waals surface area contributed by atoms with Crippen LogP contribution in [0.15, 0.2) is 47.3 Å². The Balaban J connectivity index is 1.16. The predicted molar refractivity (Wildman–Crippen MR) is 200 cm³/mol. The van der Waals surface area contributed by atoms with E-state index in [2.05, 4.69) is 102 Å². The van der Waals surface area contributed by atoms with Gasteiger partial charge in [-0.3, -0.25) is 9.58 Å². The number of aromatic nitrogens is 4. The van der Waals surface area contributed by atoms with Crippen LogP contribution >= 0.6 is 23.9 Å². The standard InChI is InChI=1S/C35H45BrN9O2P/c1-42-11-13-44(14-12-42)25-6-9-45(10-7-25)30-19-32(46-3)28(17-26(30)24-20-38-43(2)22-24)40-35-37-21-27(36)34(41-35)39-29-18-31-23(8-15-47-31)16-33(29)48(4)5/h16-22,25H,6-15H2,1-5H3,(H2,37,39,40,41). The van der Waals surface area contributed by atoms with Crippen molar-refractivity contribution in [3.05, 3.63) is 52.9 Å². The predicted octanol–water partition coefficient (Wildman–Crippen LogP) is 5.65. The molecule has 2 saturated heterocycles. The van der Waals surface area contributed by atoms with E-state index in [1.807, 2.05) is 17.9 Å². The first-order chi connectivity index (χ1) is 23.2. The fourth-order valence-corrected chi connectivity index (χ4v) is 8.30. The van der Waals surface area contributed by atoms with Gasteiger partial charge in [0.05, 0.1) is 35.8 Å². The third-order valence-electron chi connectivity index (χ3n) is 9.73. The molecule has 3 aliphatic heterocycles. The number of nitrogens with one attached hydrogen (secondary N) is 2. The van der Waals surface area contributed by atoms with Crippen LogP contribution in [0.2, 0.25) is 0 Å². The Hall–Kier alpha value is -3.44. The van der Waals surface area contributed by atoms with Gasteiger partial charge in [-0.1, -0.05) is 7.92 Å². The van der Waals surface area contributed by atoms with Crippen molar-refractivity contribution < 1.29 is 9.47 Å². The van der Waals surface area contributed by atoms with Crippen LogP contribution in [0.3, 0.4) is 0 Å². The number of ether oxygens (including phenoxy) is 2. The number of piperazine rings is 1. The molecule has 2 aromatic heterocycles. The number of likely N-dealkylation sites (N-methyl/N-ethyl adjacent to an activating group) is 1. The summed E-state index contributed by atoms with van der Waals surface area (Å²) in [6.07, 6.45) is 9.02. The highest BCUT2D eigenvalue weighted by Gasteiger charge is 2.29. The Labute approximate surface area is 292 Å². The van der Waals surface area contributed by atoms with Gasteiger partial charge in [0.2, 0.25) is 5.95 Å². The molecule has 2 fully saturated rings. The number of fused-ring (bicyclic) bond motifs is 1. The highest BCUT2D eigenvalue weighted by atomic mass is 79.9. The van der Waals surface area contributed by atoms with Crippen molar-refractivity contribution in [2.75, 3.05) is 88.9 Å². The third-order valence-corrected chi connectivity index (χ3v) is 11.6. The molecule has 0 spiro atoms. The van der Waals surface area contributed by atoms with Gasteiger partial charge in [-0.25, -0.2) is 4.98 Å². The molecule has 0 saturated carbocycles. The summed E-state index contributed by atoms with van der Waals surface area (Å²) in [6.45, 7) is 11.9. The molecule has 7 rings (SSSR count). The average molecular weight is 735 g/mol. The lowest BCUT2D eigenvalue weighted by Crippen LogP contribution is -2.52. The lowest BCUT2D eigenvalue weighted by molar-refractivity contribution is 0.0982. The molecule has 5 heterocycles. The maximum Gasteiger partial charge on any atom is 0.229 e. The van der Waals surface area contributed by atoms with E-state index in [0.29, 0.717) is 17.8 Å². The number of benzene rings is 2. The normalized spacial score (nSPS) is 17.4. The molecule has 0 amide bonds. The van der Waals surface area contributed by atoms with Crippen molar-refractivity contribution in [2.24, 2.45) is 7.05 Å². The Morgan fingerprint density at radius 1 is 0.958 bits per heavy atom. The molecule has 0 radical (unpaired) electrons. The zero-order chi connectivity index (χ0) is 33.4. The van der Waals surface area contributed by atoms with Crippen LogP contribution in [-0.2, 0) is 13.5 Å². The van der Waals surface area contributed by atoms with Gasteiger partial charge in [0.25, 0.3) is 0 Å². The van der Waals surface area contributed by atoms with E-state index in [1.54, 1.807) is 13.3 Å². The van der Waals surface area contributed by atoms with Gasteiger partial charge in [0.1, 0.15) is 17.3 Å². The summed E-state index contributed by atoms with van der Waals surface area (Å²) >= 11 is 3.67. The van der Waals surface area contributed by atoms with Crippen LogP contribution in [0.5, 0.6) is 11.5 Å². The lowest BCUT2D eigenvalue weighted by atomic mass is 9.98. The van der Waals surface area contributed by atoms with Gasteiger partial charge < -0.3 is 29.9 Å². The number of hydrogen-bond acceptors (Lipinski definition) is 10. The molecule has 2 aromatic carbocycles. The first-order valence-electron chi connectivity index (χ1n) is 16.7. The summed E-state index contributed by atoms with van der Waals surface area (Å²) in [5.74, 6) is 2.82. The highest BCUT2D eigenvalue weighted by Crippen LogP contribution is 2.42. The topological polar surface area (TPSA) is 95.8 Å². The van der Waals surface area contributed by atoms with Gasteiger partial charge in [-0.2, -0.15) is 10.1 Å². The number of halogens is 1. The Bertz CT molecular complexity index is 1770. The quantitative estimate of drug-likeness (QED) is 0.210. The molecule has 254 valence electrons. The lowest BCUT2D eigenvalue weighted by Gasteiger charge is -2.43. The van der Waals surface area contributed by atoms with Crippen LogP contribution in [0, 0.1) is 0 Å². The van der Waals surface area contributed by atoms with E-state index in [1.165, 1.54) is 10.9 Å². The van der Waals surface area contributed by atoms with Gasteiger partial charge in [0.15, 0.2) is 0 Å². The number of nitrogens with zero attached hydrogens (tertiary/aromatic N) is 7. The number of aryl methyl sites for hydroxylation is 1. The van der Waals surface area contributed by atoms with Gasteiger partial charge in [0, 0.05) is 100 Å². The van der Waals surface area contributed by atoms with Crippen LogP contribution in [0.1, 0.15) is 18.4 Å². The second kappa shape index (κ2) is 14.2. The monoisotopic (exact) mass is 733 g/mol. The Morgan fingerprint density at radius 2 is 1.75 bits per heavy atom. The number of rotatable bonds is 9. The Morgan fingerprint density at radius 3 is 2.46 bits per heavy atom. The van der Waals surface area contributed by atoms with E-state index in [0.717, 1.165) is 109 Å². The van der Waals surface area contributed by atoms with E-state index < -0.39 is 0 Å². The molecule has 2 N–H and O–H groups in total. The zero-order valence-electron chi connectivity index (χ0n) is 28.5. The van der Waals surface area contributed by atoms with Crippen LogP contribution in [0.25, 0.3) is 11.1 Å². The van der Waals surface area contributed by atoms with Crippen molar-refractivity contribution in [1.29, 1.82) is 0 Å². The van der Waals surface area contributed by atoms with Crippen molar-refractivity contribution in [3.8, 4) is 22.6 Å². The zero-order valence-corrected chi connectivity index (χ0v) is 30.9. The van der Waals surface area contributed by atoms with Gasteiger partial charge >= 0.3 is 0 Å². The Kier molecular flexibility index (Phi) is 9.78. The first kappa shape index (κ1) is 33.1. The minimum Gasteiger partial charge on any atom is -0.494 e. The van der Waals surface area contributed by atoms with E-state index >= 15 is 0 Å². The third kappa shape index (κ3) is 6.99.